The Morgan fingerprint density at radius 2 is 1.71 bits per heavy atom. The molecule has 1 atom stereocenters. The number of para-hydroxylation sites is 1. The molecule has 0 aliphatic carbocycles. The fraction of sp³-hybridized carbons (Fsp3) is 0.222. The number of benzene rings is 3. The van der Waals surface area contributed by atoms with E-state index in [1.807, 2.05) is 91.4 Å². The molecule has 3 aromatic carbocycles. The summed E-state index contributed by atoms with van der Waals surface area (Å²) >= 11 is 6.35. The van der Waals surface area contributed by atoms with Crippen LogP contribution in [0.2, 0.25) is 5.02 Å². The second kappa shape index (κ2) is 9.85. The largest absolute Gasteiger partial charge is 0.364 e. The van der Waals surface area contributed by atoms with Crippen molar-refractivity contribution in [3.05, 3.63) is 113 Å². The minimum Gasteiger partial charge on any atom is -0.364 e. The number of halogens is 1. The van der Waals surface area contributed by atoms with E-state index in [0.717, 1.165) is 28.2 Å². The molecule has 8 heteroatoms. The summed E-state index contributed by atoms with van der Waals surface area (Å²) in [6.45, 7) is 1.39. The molecule has 180 valence electrons. The summed E-state index contributed by atoms with van der Waals surface area (Å²) in [6.07, 6.45) is 5.59. The Kier molecular flexibility index (Phi) is 6.65. The lowest BCUT2D eigenvalue weighted by molar-refractivity contribution is 0.320. The Morgan fingerprint density at radius 1 is 1.00 bits per heavy atom. The van der Waals surface area contributed by atoms with Crippen LogP contribution >= 0.6 is 11.6 Å². The molecule has 0 radical (unpaired) electrons. The SMILES string of the molecule is CS(=O)(=O)N1Cc2cc(Cl)ccc2N(Cc2cncn2-c2ccccc2)C[C@H]1Cc1ccccc1. The van der Waals surface area contributed by atoms with Crippen LogP contribution in [0.1, 0.15) is 16.8 Å². The lowest BCUT2D eigenvalue weighted by Crippen LogP contribution is -2.45. The normalized spacial score (nSPS) is 16.6. The van der Waals surface area contributed by atoms with Crippen LogP contribution in [0, 0.1) is 0 Å². The molecule has 0 saturated heterocycles. The van der Waals surface area contributed by atoms with Gasteiger partial charge < -0.3 is 9.47 Å². The van der Waals surface area contributed by atoms with Crippen molar-refractivity contribution >= 4 is 27.3 Å². The predicted octanol–water partition coefficient (Wildman–Crippen LogP) is 4.92. The van der Waals surface area contributed by atoms with Crippen molar-refractivity contribution in [1.29, 1.82) is 0 Å². The summed E-state index contributed by atoms with van der Waals surface area (Å²) in [4.78, 5) is 6.66. The van der Waals surface area contributed by atoms with Gasteiger partial charge in [-0.1, -0.05) is 60.1 Å². The molecule has 35 heavy (non-hydrogen) atoms. The van der Waals surface area contributed by atoms with E-state index in [4.69, 9.17) is 11.6 Å². The van der Waals surface area contributed by atoms with Crippen molar-refractivity contribution in [3.8, 4) is 5.69 Å². The van der Waals surface area contributed by atoms with Crippen LogP contribution in [0.15, 0.2) is 91.4 Å². The van der Waals surface area contributed by atoms with Crippen molar-refractivity contribution in [3.63, 3.8) is 0 Å². The average molecular weight is 507 g/mol. The minimum atomic E-state index is -3.46. The topological polar surface area (TPSA) is 58.4 Å². The number of fused-ring (bicyclic) bond motifs is 1. The molecule has 0 bridgehead atoms. The van der Waals surface area contributed by atoms with Gasteiger partial charge in [0.2, 0.25) is 10.0 Å². The molecule has 2 heterocycles. The molecular formula is C27H27ClN4O2S. The minimum absolute atomic E-state index is 0.244. The van der Waals surface area contributed by atoms with Crippen molar-refractivity contribution in [1.82, 2.24) is 13.9 Å². The summed E-state index contributed by atoms with van der Waals surface area (Å²) in [7, 11) is -3.46. The molecular weight excluding hydrogens is 480 g/mol. The average Bonchev–Trinajstić information content (AvgIpc) is 3.24. The van der Waals surface area contributed by atoms with E-state index >= 15 is 0 Å². The molecule has 1 aliphatic rings. The van der Waals surface area contributed by atoms with Gasteiger partial charge >= 0.3 is 0 Å². The van der Waals surface area contributed by atoms with E-state index in [1.54, 1.807) is 4.31 Å². The van der Waals surface area contributed by atoms with Crippen molar-refractivity contribution < 1.29 is 8.42 Å². The van der Waals surface area contributed by atoms with Gasteiger partial charge in [0.05, 0.1) is 31.0 Å². The first-order valence-electron chi connectivity index (χ1n) is 11.5. The van der Waals surface area contributed by atoms with Crippen molar-refractivity contribution in [2.24, 2.45) is 0 Å². The number of anilines is 1. The van der Waals surface area contributed by atoms with Crippen LogP contribution < -0.4 is 4.90 Å². The van der Waals surface area contributed by atoms with Gasteiger partial charge in [-0.2, -0.15) is 4.31 Å². The first-order valence-corrected chi connectivity index (χ1v) is 13.7. The fourth-order valence-electron chi connectivity index (χ4n) is 4.78. The lowest BCUT2D eigenvalue weighted by atomic mass is 10.1. The summed E-state index contributed by atoms with van der Waals surface area (Å²) in [6, 6.07) is 25.6. The summed E-state index contributed by atoms with van der Waals surface area (Å²) in [5, 5.41) is 0.591. The molecule has 0 fully saturated rings. The Labute approximate surface area is 211 Å². The summed E-state index contributed by atoms with van der Waals surface area (Å²) in [5.41, 5.74) is 5.03. The monoisotopic (exact) mass is 506 g/mol. The first-order chi connectivity index (χ1) is 16.9. The fourth-order valence-corrected chi connectivity index (χ4v) is 6.03. The smallest absolute Gasteiger partial charge is 0.211 e. The zero-order chi connectivity index (χ0) is 24.4. The van der Waals surface area contributed by atoms with Gasteiger partial charge in [-0.05, 0) is 47.9 Å². The van der Waals surface area contributed by atoms with Crippen LogP contribution in [-0.2, 0) is 29.5 Å². The highest BCUT2D eigenvalue weighted by atomic mass is 35.5. The molecule has 5 rings (SSSR count). The number of sulfonamides is 1. The number of aromatic nitrogens is 2. The third-order valence-electron chi connectivity index (χ3n) is 6.39. The number of imidazole rings is 1. The van der Waals surface area contributed by atoms with Gasteiger partial charge in [0.25, 0.3) is 0 Å². The zero-order valence-electron chi connectivity index (χ0n) is 19.5. The molecule has 0 saturated carbocycles. The van der Waals surface area contributed by atoms with Gasteiger partial charge in [0.15, 0.2) is 0 Å². The van der Waals surface area contributed by atoms with E-state index in [9.17, 15) is 8.42 Å². The molecule has 0 N–H and O–H groups in total. The highest BCUT2D eigenvalue weighted by molar-refractivity contribution is 7.88. The van der Waals surface area contributed by atoms with Gasteiger partial charge in [0.1, 0.15) is 0 Å². The molecule has 0 spiro atoms. The third-order valence-corrected chi connectivity index (χ3v) is 7.90. The van der Waals surface area contributed by atoms with Gasteiger partial charge in [-0.15, -0.1) is 0 Å². The van der Waals surface area contributed by atoms with Crippen LogP contribution in [0.4, 0.5) is 5.69 Å². The van der Waals surface area contributed by atoms with Crippen molar-refractivity contribution in [2.45, 2.75) is 25.6 Å². The molecule has 1 aromatic heterocycles. The van der Waals surface area contributed by atoms with Crippen LogP contribution in [0.5, 0.6) is 0 Å². The van der Waals surface area contributed by atoms with Gasteiger partial charge in [-0.25, -0.2) is 13.4 Å². The number of nitrogens with zero attached hydrogens (tertiary/aromatic N) is 4. The first kappa shape index (κ1) is 23.6. The zero-order valence-corrected chi connectivity index (χ0v) is 21.0. The summed E-state index contributed by atoms with van der Waals surface area (Å²) in [5.74, 6) is 0. The quantitative estimate of drug-likeness (QED) is 0.372. The van der Waals surface area contributed by atoms with Gasteiger partial charge in [0, 0.05) is 35.5 Å². The van der Waals surface area contributed by atoms with Crippen LogP contribution in [0.3, 0.4) is 0 Å². The lowest BCUT2D eigenvalue weighted by Gasteiger charge is -2.31. The standard InChI is InChI=1S/C27H27ClN4O2S/c1-35(33,34)32-17-22-15-23(28)12-13-27(22)30(18-25(32)14-21-8-4-2-5-9-21)19-26-16-29-20-31(26)24-10-6-3-7-11-24/h2-13,15-16,20,25H,14,17-19H2,1H3/t25-/m1/s1. The van der Waals surface area contributed by atoms with E-state index in [1.165, 1.54) is 6.26 Å². The number of hydrogen-bond donors (Lipinski definition) is 0. The van der Waals surface area contributed by atoms with Gasteiger partial charge in [-0.3, -0.25) is 0 Å². The highest BCUT2D eigenvalue weighted by Crippen LogP contribution is 2.33. The maximum Gasteiger partial charge on any atom is 0.211 e. The van der Waals surface area contributed by atoms with E-state index in [2.05, 4.69) is 14.5 Å². The van der Waals surface area contributed by atoms with Crippen LogP contribution in [-0.4, -0.2) is 41.1 Å². The maximum absolute atomic E-state index is 13.0. The molecule has 1 aliphatic heterocycles. The maximum atomic E-state index is 13.0. The highest BCUT2D eigenvalue weighted by Gasteiger charge is 2.33. The third kappa shape index (κ3) is 5.27. The Balaban J connectivity index is 1.56. The molecule has 4 aromatic rings. The Morgan fingerprint density at radius 3 is 2.43 bits per heavy atom. The molecule has 0 amide bonds. The second-order valence-corrected chi connectivity index (χ2v) is 11.3. The Bertz CT molecular complexity index is 1410. The summed E-state index contributed by atoms with van der Waals surface area (Å²) < 4.78 is 29.6. The second-order valence-electron chi connectivity index (χ2n) is 8.90. The van der Waals surface area contributed by atoms with Crippen molar-refractivity contribution in [2.75, 3.05) is 17.7 Å². The number of rotatable bonds is 6. The predicted molar refractivity (Wildman–Crippen MR) is 140 cm³/mol. The Hall–Kier alpha value is -3.13. The molecule has 0 unspecified atom stereocenters. The van der Waals surface area contributed by atoms with E-state index < -0.39 is 10.0 Å². The van der Waals surface area contributed by atoms with E-state index in [0.29, 0.717) is 24.5 Å². The van der Waals surface area contributed by atoms with Crippen LogP contribution in [0.25, 0.3) is 5.69 Å². The number of hydrogen-bond acceptors (Lipinski definition) is 4. The molecule has 6 nitrogen and oxygen atoms in total. The van der Waals surface area contributed by atoms with E-state index in [-0.39, 0.29) is 12.6 Å².